The summed E-state index contributed by atoms with van der Waals surface area (Å²) < 4.78 is 2.25. The SMILES string of the molecule is CCCCc1ncc2n1C(c1ccc(-c3ccccc3-c3nnn[nH]3)cc1)CC/C2=C\C(=O)O. The molecule has 3 heterocycles. The minimum Gasteiger partial charge on any atom is -0.478 e. The fraction of sp³-hybridized carbons (Fsp3) is 0.269. The smallest absolute Gasteiger partial charge is 0.328 e. The highest BCUT2D eigenvalue weighted by Crippen LogP contribution is 2.39. The predicted octanol–water partition coefficient (Wildman–Crippen LogP) is 4.92. The summed E-state index contributed by atoms with van der Waals surface area (Å²) in [5.41, 5.74) is 6.02. The first kappa shape index (κ1) is 21.8. The third-order valence-electron chi connectivity index (χ3n) is 6.39. The molecule has 8 heteroatoms. The van der Waals surface area contributed by atoms with Crippen LogP contribution in [-0.4, -0.2) is 41.3 Å². The number of fused-ring (bicyclic) bond motifs is 1. The van der Waals surface area contributed by atoms with E-state index < -0.39 is 5.97 Å². The van der Waals surface area contributed by atoms with Crippen LogP contribution in [0.3, 0.4) is 0 Å². The molecule has 1 atom stereocenters. The Morgan fingerprint density at radius 1 is 1.18 bits per heavy atom. The van der Waals surface area contributed by atoms with Crippen molar-refractivity contribution in [3.63, 3.8) is 0 Å². The Kier molecular flexibility index (Phi) is 6.03. The summed E-state index contributed by atoms with van der Waals surface area (Å²) >= 11 is 0. The van der Waals surface area contributed by atoms with Crippen LogP contribution in [0.15, 0.2) is 60.8 Å². The number of unbranched alkanes of at least 4 members (excludes halogenated alkanes) is 1. The third-order valence-corrected chi connectivity index (χ3v) is 6.39. The number of carboxylic acids is 1. The molecule has 34 heavy (non-hydrogen) atoms. The molecule has 5 rings (SSSR count). The van der Waals surface area contributed by atoms with Crippen LogP contribution in [0.4, 0.5) is 0 Å². The molecule has 0 saturated heterocycles. The number of tetrazole rings is 1. The highest BCUT2D eigenvalue weighted by atomic mass is 16.4. The Morgan fingerprint density at radius 3 is 2.68 bits per heavy atom. The second-order valence-electron chi connectivity index (χ2n) is 8.51. The van der Waals surface area contributed by atoms with Gasteiger partial charge >= 0.3 is 5.97 Å². The van der Waals surface area contributed by atoms with Crippen molar-refractivity contribution in [1.29, 1.82) is 0 Å². The fourth-order valence-corrected chi connectivity index (χ4v) is 4.76. The number of hydrogen-bond acceptors (Lipinski definition) is 5. The molecule has 1 aliphatic heterocycles. The molecule has 0 amide bonds. The summed E-state index contributed by atoms with van der Waals surface area (Å²) in [6.45, 7) is 2.17. The van der Waals surface area contributed by atoms with Crippen LogP contribution in [0.5, 0.6) is 0 Å². The lowest BCUT2D eigenvalue weighted by Gasteiger charge is -2.29. The lowest BCUT2D eigenvalue weighted by Crippen LogP contribution is -2.21. The highest BCUT2D eigenvalue weighted by molar-refractivity contribution is 5.89. The van der Waals surface area contributed by atoms with Crippen LogP contribution in [0.25, 0.3) is 28.1 Å². The molecule has 4 aromatic rings. The van der Waals surface area contributed by atoms with Crippen molar-refractivity contribution < 1.29 is 9.90 Å². The minimum absolute atomic E-state index is 0.123. The maximum absolute atomic E-state index is 11.4. The molecule has 0 radical (unpaired) electrons. The van der Waals surface area contributed by atoms with Gasteiger partial charge in [-0.15, -0.1) is 5.10 Å². The molecule has 0 aliphatic carbocycles. The van der Waals surface area contributed by atoms with E-state index in [0.717, 1.165) is 59.5 Å². The summed E-state index contributed by atoms with van der Waals surface area (Å²) in [5, 5.41) is 23.7. The number of hydrogen-bond donors (Lipinski definition) is 2. The maximum atomic E-state index is 11.4. The zero-order valence-corrected chi connectivity index (χ0v) is 19.0. The summed E-state index contributed by atoms with van der Waals surface area (Å²) in [6.07, 6.45) is 7.71. The van der Waals surface area contributed by atoms with Gasteiger partial charge in [0.1, 0.15) is 5.82 Å². The van der Waals surface area contributed by atoms with Crippen molar-refractivity contribution in [2.24, 2.45) is 0 Å². The van der Waals surface area contributed by atoms with E-state index in [1.165, 1.54) is 11.6 Å². The van der Waals surface area contributed by atoms with Gasteiger partial charge in [0.05, 0.1) is 17.9 Å². The molecule has 0 fully saturated rings. The second-order valence-corrected chi connectivity index (χ2v) is 8.51. The quantitative estimate of drug-likeness (QED) is 0.384. The van der Waals surface area contributed by atoms with Crippen LogP contribution < -0.4 is 0 Å². The van der Waals surface area contributed by atoms with E-state index in [4.69, 9.17) is 0 Å². The van der Waals surface area contributed by atoms with E-state index in [0.29, 0.717) is 12.2 Å². The number of allylic oxidation sites excluding steroid dienone is 1. The average molecular weight is 455 g/mol. The van der Waals surface area contributed by atoms with Crippen LogP contribution in [-0.2, 0) is 11.2 Å². The van der Waals surface area contributed by atoms with Gasteiger partial charge < -0.3 is 9.67 Å². The number of benzene rings is 2. The molecule has 2 aromatic heterocycles. The normalized spacial score (nSPS) is 16.5. The predicted molar refractivity (Wildman–Crippen MR) is 129 cm³/mol. The largest absolute Gasteiger partial charge is 0.478 e. The Hall–Kier alpha value is -4.07. The average Bonchev–Trinajstić information content (AvgIpc) is 3.54. The van der Waals surface area contributed by atoms with Gasteiger partial charge in [-0.2, -0.15) is 0 Å². The van der Waals surface area contributed by atoms with Crippen LogP contribution in [0, 0.1) is 0 Å². The van der Waals surface area contributed by atoms with Gasteiger partial charge in [-0.1, -0.05) is 61.9 Å². The summed E-state index contributed by atoms with van der Waals surface area (Å²) in [5.74, 6) is 0.736. The molecule has 172 valence electrons. The highest BCUT2D eigenvalue weighted by Gasteiger charge is 2.27. The maximum Gasteiger partial charge on any atom is 0.328 e. The second kappa shape index (κ2) is 9.43. The number of aromatic nitrogens is 6. The molecular weight excluding hydrogens is 428 g/mol. The van der Waals surface area contributed by atoms with Gasteiger partial charge in [0.25, 0.3) is 0 Å². The standard InChI is InChI=1S/C26H26N6O2/c1-2-3-8-24-27-16-23-19(15-25(33)34)13-14-22(32(23)24)18-11-9-17(10-12-18)20-6-4-5-7-21(20)26-28-30-31-29-26/h4-7,9-12,15-16,22H,2-3,8,13-14H2,1H3,(H,33,34)(H,28,29,30,31)/b19-15+. The summed E-state index contributed by atoms with van der Waals surface area (Å²) in [7, 11) is 0. The first-order chi connectivity index (χ1) is 16.7. The molecule has 1 aliphatic rings. The monoisotopic (exact) mass is 454 g/mol. The Labute approximate surface area is 197 Å². The van der Waals surface area contributed by atoms with Crippen LogP contribution in [0.2, 0.25) is 0 Å². The molecule has 1 unspecified atom stereocenters. The molecule has 0 spiro atoms. The molecule has 8 nitrogen and oxygen atoms in total. The zero-order valence-electron chi connectivity index (χ0n) is 19.0. The summed E-state index contributed by atoms with van der Waals surface area (Å²) in [6, 6.07) is 16.7. The van der Waals surface area contributed by atoms with Gasteiger partial charge in [0.2, 0.25) is 0 Å². The van der Waals surface area contributed by atoms with Gasteiger partial charge in [-0.05, 0) is 52.0 Å². The number of carboxylic acid groups (broad SMARTS) is 1. The topological polar surface area (TPSA) is 110 Å². The Morgan fingerprint density at radius 2 is 1.97 bits per heavy atom. The number of aryl methyl sites for hydroxylation is 1. The Bertz CT molecular complexity index is 1320. The van der Waals surface area contributed by atoms with E-state index in [2.05, 4.69) is 67.4 Å². The lowest BCUT2D eigenvalue weighted by molar-refractivity contribution is -0.131. The zero-order chi connectivity index (χ0) is 23.5. The number of aromatic amines is 1. The number of nitrogens with zero attached hydrogens (tertiary/aromatic N) is 5. The molecule has 0 bridgehead atoms. The van der Waals surface area contributed by atoms with Gasteiger partial charge in [-0.3, -0.25) is 0 Å². The lowest BCUT2D eigenvalue weighted by atomic mass is 9.91. The van der Waals surface area contributed by atoms with E-state index in [9.17, 15) is 9.90 Å². The number of aliphatic carboxylic acids is 1. The van der Waals surface area contributed by atoms with E-state index >= 15 is 0 Å². The molecule has 2 aromatic carbocycles. The first-order valence-electron chi connectivity index (χ1n) is 11.6. The van der Waals surface area contributed by atoms with Gasteiger partial charge in [-0.25, -0.2) is 14.9 Å². The van der Waals surface area contributed by atoms with E-state index in [1.807, 2.05) is 24.4 Å². The van der Waals surface area contributed by atoms with Crippen molar-refractivity contribution in [3.8, 4) is 22.5 Å². The fourth-order valence-electron chi connectivity index (χ4n) is 4.76. The number of H-pyrrole nitrogens is 1. The number of rotatable bonds is 7. The third kappa shape index (κ3) is 4.14. The van der Waals surface area contributed by atoms with Gasteiger partial charge in [0.15, 0.2) is 5.82 Å². The minimum atomic E-state index is -0.915. The molecule has 0 saturated carbocycles. The number of carbonyl (C=O) groups is 1. The van der Waals surface area contributed by atoms with Crippen molar-refractivity contribution >= 4 is 11.5 Å². The molecular formula is C26H26N6O2. The first-order valence-corrected chi connectivity index (χ1v) is 11.6. The van der Waals surface area contributed by atoms with Crippen molar-refractivity contribution in [2.75, 3.05) is 0 Å². The van der Waals surface area contributed by atoms with Crippen LogP contribution in [0.1, 0.15) is 55.7 Å². The van der Waals surface area contributed by atoms with Crippen molar-refractivity contribution in [1.82, 2.24) is 30.2 Å². The number of imidazole rings is 1. The van der Waals surface area contributed by atoms with Crippen molar-refractivity contribution in [3.05, 3.63) is 77.9 Å². The van der Waals surface area contributed by atoms with E-state index in [-0.39, 0.29) is 6.04 Å². The summed E-state index contributed by atoms with van der Waals surface area (Å²) in [4.78, 5) is 16.1. The van der Waals surface area contributed by atoms with E-state index in [1.54, 1.807) is 0 Å². The number of nitrogens with one attached hydrogen (secondary N) is 1. The molecule has 2 N–H and O–H groups in total. The van der Waals surface area contributed by atoms with Crippen molar-refractivity contribution in [2.45, 2.75) is 45.1 Å². The Balaban J connectivity index is 1.51. The van der Waals surface area contributed by atoms with Crippen LogP contribution >= 0.6 is 0 Å². The van der Waals surface area contributed by atoms with Gasteiger partial charge in [0, 0.05) is 18.1 Å².